The average Bonchev–Trinajstić information content (AvgIpc) is 3.27. The molecule has 7 heteroatoms. The highest BCUT2D eigenvalue weighted by Crippen LogP contribution is 2.26. The van der Waals surface area contributed by atoms with E-state index in [1.807, 2.05) is 14.0 Å². The Kier molecular flexibility index (Phi) is 4.42. The fourth-order valence-corrected chi connectivity index (χ4v) is 2.22. The van der Waals surface area contributed by atoms with E-state index in [0.717, 1.165) is 0 Å². The van der Waals surface area contributed by atoms with Crippen LogP contribution in [-0.2, 0) is 0 Å². The highest BCUT2D eigenvalue weighted by atomic mass is 16.6. The second-order valence-electron chi connectivity index (χ2n) is 5.49. The zero-order chi connectivity index (χ0) is 15.6. The first-order valence-electron chi connectivity index (χ1n) is 6.94. The molecule has 2 rings (SSSR count). The largest absolute Gasteiger partial charge is 0.399 e. The summed E-state index contributed by atoms with van der Waals surface area (Å²) < 4.78 is 0. The number of nitrogen functional groups attached to an aromatic ring is 1. The zero-order valence-corrected chi connectivity index (χ0v) is 12.2. The molecule has 1 aromatic carbocycles. The summed E-state index contributed by atoms with van der Waals surface area (Å²) in [5.41, 5.74) is 5.70. The maximum Gasteiger partial charge on any atom is 0.282 e. The van der Waals surface area contributed by atoms with E-state index in [-0.39, 0.29) is 17.3 Å². The van der Waals surface area contributed by atoms with Crippen molar-refractivity contribution in [2.45, 2.75) is 31.8 Å². The predicted molar refractivity (Wildman–Crippen MR) is 80.1 cm³/mol. The molecule has 1 aliphatic carbocycles. The molecule has 114 valence electrons. The maximum absolute atomic E-state index is 12.1. The van der Waals surface area contributed by atoms with Crippen molar-refractivity contribution in [2.75, 3.05) is 19.3 Å². The number of nitrogens with two attached hydrogens (primary N) is 1. The summed E-state index contributed by atoms with van der Waals surface area (Å²) in [6.45, 7) is 2.46. The molecule has 0 bridgehead atoms. The number of hydrogen-bond acceptors (Lipinski definition) is 5. The van der Waals surface area contributed by atoms with E-state index in [0.29, 0.717) is 18.3 Å². The quantitative estimate of drug-likeness (QED) is 0.468. The summed E-state index contributed by atoms with van der Waals surface area (Å²) in [6, 6.07) is 4.78. The Morgan fingerprint density at radius 2 is 2.24 bits per heavy atom. The molecule has 7 nitrogen and oxygen atoms in total. The van der Waals surface area contributed by atoms with Gasteiger partial charge in [-0.15, -0.1) is 0 Å². The van der Waals surface area contributed by atoms with Crippen LogP contribution >= 0.6 is 0 Å². The Hall–Kier alpha value is -2.15. The summed E-state index contributed by atoms with van der Waals surface area (Å²) in [5.74, 6) is -0.468. The van der Waals surface area contributed by atoms with E-state index >= 15 is 0 Å². The molecule has 0 aliphatic heterocycles. The van der Waals surface area contributed by atoms with Crippen molar-refractivity contribution in [3.8, 4) is 0 Å². The fourth-order valence-electron chi connectivity index (χ4n) is 2.22. The van der Waals surface area contributed by atoms with Crippen LogP contribution in [0.5, 0.6) is 0 Å². The number of benzene rings is 1. The lowest BCUT2D eigenvalue weighted by atomic mass is 10.1. The molecule has 1 unspecified atom stereocenters. The molecule has 1 fully saturated rings. The van der Waals surface area contributed by atoms with Crippen LogP contribution in [0.4, 0.5) is 11.4 Å². The number of nitro groups is 1. The van der Waals surface area contributed by atoms with E-state index in [1.54, 1.807) is 0 Å². The van der Waals surface area contributed by atoms with Crippen molar-refractivity contribution in [2.24, 2.45) is 0 Å². The number of anilines is 1. The lowest BCUT2D eigenvalue weighted by molar-refractivity contribution is -0.385. The van der Waals surface area contributed by atoms with Gasteiger partial charge in [-0.05, 0) is 38.9 Å². The summed E-state index contributed by atoms with van der Waals surface area (Å²) in [7, 11) is 2.03. The maximum atomic E-state index is 12.1. The molecule has 0 saturated heterocycles. The summed E-state index contributed by atoms with van der Waals surface area (Å²) in [6.07, 6.45) is 2.38. The monoisotopic (exact) mass is 292 g/mol. The number of carbonyl (C=O) groups is 1. The highest BCUT2D eigenvalue weighted by Gasteiger charge is 2.29. The van der Waals surface area contributed by atoms with Crippen LogP contribution < -0.4 is 11.1 Å². The predicted octanol–water partition coefficient (Wildman–Crippen LogP) is 1.39. The van der Waals surface area contributed by atoms with Crippen molar-refractivity contribution in [3.05, 3.63) is 33.9 Å². The molecular formula is C14H20N4O3. The molecule has 1 aromatic rings. The molecular weight excluding hydrogens is 272 g/mol. The first kappa shape index (κ1) is 15.2. The average molecular weight is 292 g/mol. The van der Waals surface area contributed by atoms with Gasteiger partial charge in [-0.3, -0.25) is 19.8 Å². The van der Waals surface area contributed by atoms with Gasteiger partial charge in [0.1, 0.15) is 5.56 Å². The van der Waals surface area contributed by atoms with Gasteiger partial charge < -0.3 is 11.1 Å². The fraction of sp³-hybridized carbons (Fsp3) is 0.500. The highest BCUT2D eigenvalue weighted by molar-refractivity contribution is 5.99. The molecule has 1 aliphatic rings. The van der Waals surface area contributed by atoms with Crippen LogP contribution in [0, 0.1) is 10.1 Å². The second kappa shape index (κ2) is 6.09. The van der Waals surface area contributed by atoms with Gasteiger partial charge in [-0.25, -0.2) is 0 Å². The summed E-state index contributed by atoms with van der Waals surface area (Å²) in [5, 5.41) is 13.7. The minimum Gasteiger partial charge on any atom is -0.399 e. The third-order valence-corrected chi connectivity index (χ3v) is 3.84. The van der Waals surface area contributed by atoms with Gasteiger partial charge in [-0.2, -0.15) is 0 Å². The number of likely N-dealkylation sites (N-methyl/N-ethyl adjacent to an activating group) is 1. The third kappa shape index (κ3) is 3.69. The van der Waals surface area contributed by atoms with Crippen molar-refractivity contribution in [1.29, 1.82) is 0 Å². The zero-order valence-electron chi connectivity index (χ0n) is 12.2. The number of hydrogen-bond donors (Lipinski definition) is 2. The van der Waals surface area contributed by atoms with Crippen molar-refractivity contribution < 1.29 is 9.72 Å². The Bertz CT molecular complexity index is 557. The Morgan fingerprint density at radius 3 is 2.81 bits per heavy atom. The van der Waals surface area contributed by atoms with Crippen molar-refractivity contribution >= 4 is 17.3 Å². The van der Waals surface area contributed by atoms with Crippen LogP contribution in [0.15, 0.2) is 18.2 Å². The second-order valence-corrected chi connectivity index (χ2v) is 5.49. The Balaban J connectivity index is 2.02. The third-order valence-electron chi connectivity index (χ3n) is 3.84. The summed E-state index contributed by atoms with van der Waals surface area (Å²) in [4.78, 5) is 24.7. The number of carbonyl (C=O) groups excluding carboxylic acids is 1. The molecule has 0 spiro atoms. The van der Waals surface area contributed by atoms with E-state index in [4.69, 9.17) is 5.73 Å². The molecule has 1 amide bonds. The lowest BCUT2D eigenvalue weighted by Crippen LogP contribution is -2.41. The van der Waals surface area contributed by atoms with E-state index in [2.05, 4.69) is 10.2 Å². The smallest absolute Gasteiger partial charge is 0.282 e. The molecule has 1 saturated carbocycles. The van der Waals surface area contributed by atoms with Gasteiger partial charge in [0, 0.05) is 30.4 Å². The van der Waals surface area contributed by atoms with E-state index in [9.17, 15) is 14.9 Å². The first-order chi connectivity index (χ1) is 9.90. The standard InChI is InChI=1S/C14H20N4O3/c1-9(17(2)11-4-5-11)8-16-14(19)12-7-10(15)3-6-13(12)18(20)21/h3,6-7,9,11H,4-5,8,15H2,1-2H3,(H,16,19). The van der Waals surface area contributed by atoms with Crippen LogP contribution in [0.3, 0.4) is 0 Å². The van der Waals surface area contributed by atoms with Gasteiger partial charge in [-0.1, -0.05) is 0 Å². The van der Waals surface area contributed by atoms with Crippen LogP contribution in [0.1, 0.15) is 30.1 Å². The summed E-state index contributed by atoms with van der Waals surface area (Å²) >= 11 is 0. The van der Waals surface area contributed by atoms with Crippen molar-refractivity contribution in [3.63, 3.8) is 0 Å². The molecule has 0 aromatic heterocycles. The van der Waals surface area contributed by atoms with Gasteiger partial charge in [0.15, 0.2) is 0 Å². The Labute approximate surface area is 123 Å². The minimum absolute atomic E-state index is 0.00118. The topological polar surface area (TPSA) is 102 Å². The number of nitrogens with zero attached hydrogens (tertiary/aromatic N) is 2. The van der Waals surface area contributed by atoms with Gasteiger partial charge in [0.05, 0.1) is 4.92 Å². The SMILES string of the molecule is CC(CNC(=O)c1cc(N)ccc1[N+](=O)[O-])N(C)C1CC1. The lowest BCUT2D eigenvalue weighted by Gasteiger charge is -2.24. The number of amides is 1. The van der Waals surface area contributed by atoms with Crippen LogP contribution in [0.25, 0.3) is 0 Å². The number of rotatable bonds is 6. The first-order valence-corrected chi connectivity index (χ1v) is 6.94. The van der Waals surface area contributed by atoms with E-state index < -0.39 is 10.8 Å². The molecule has 3 N–H and O–H groups in total. The molecule has 21 heavy (non-hydrogen) atoms. The molecule has 0 heterocycles. The van der Waals surface area contributed by atoms with Crippen LogP contribution in [0.2, 0.25) is 0 Å². The number of nitro benzene ring substituents is 1. The van der Waals surface area contributed by atoms with Gasteiger partial charge in [0.2, 0.25) is 0 Å². The van der Waals surface area contributed by atoms with Crippen LogP contribution in [-0.4, -0.2) is 41.4 Å². The normalized spacial score (nSPS) is 15.8. The molecule has 1 atom stereocenters. The Morgan fingerprint density at radius 1 is 1.57 bits per heavy atom. The van der Waals surface area contributed by atoms with Crippen molar-refractivity contribution in [1.82, 2.24) is 10.2 Å². The molecule has 0 radical (unpaired) electrons. The van der Waals surface area contributed by atoms with Gasteiger partial charge >= 0.3 is 0 Å². The van der Waals surface area contributed by atoms with E-state index in [1.165, 1.54) is 31.0 Å². The minimum atomic E-state index is -0.575. The number of nitrogens with one attached hydrogen (secondary N) is 1. The van der Waals surface area contributed by atoms with Gasteiger partial charge in [0.25, 0.3) is 11.6 Å².